The molecule has 0 saturated carbocycles. The summed E-state index contributed by atoms with van der Waals surface area (Å²) in [6.45, 7) is 3.38. The first-order valence-corrected chi connectivity index (χ1v) is 8.87. The molecule has 0 aliphatic carbocycles. The molecule has 0 aromatic carbocycles. The third-order valence-electron chi connectivity index (χ3n) is 4.24. The van der Waals surface area contributed by atoms with Gasteiger partial charge in [-0.2, -0.15) is 0 Å². The molecule has 25 heavy (non-hydrogen) atoms. The Morgan fingerprint density at radius 1 is 1.16 bits per heavy atom. The highest BCUT2D eigenvalue weighted by Gasteiger charge is 2.23. The number of pyridine rings is 1. The van der Waals surface area contributed by atoms with Crippen molar-refractivity contribution in [2.45, 2.75) is 0 Å². The zero-order chi connectivity index (χ0) is 17.2. The average Bonchev–Trinajstić information content (AvgIpc) is 3.16. The summed E-state index contributed by atoms with van der Waals surface area (Å²) in [5, 5.41) is 1.97. The van der Waals surface area contributed by atoms with Gasteiger partial charge in [0.05, 0.1) is 29.2 Å². The van der Waals surface area contributed by atoms with Crippen molar-refractivity contribution in [3.8, 4) is 0 Å². The van der Waals surface area contributed by atoms with Gasteiger partial charge in [0.15, 0.2) is 5.82 Å². The van der Waals surface area contributed by atoms with Gasteiger partial charge in [-0.15, -0.1) is 11.3 Å². The molecule has 7 nitrogen and oxygen atoms in total. The summed E-state index contributed by atoms with van der Waals surface area (Å²) < 4.78 is 5.79. The molecule has 1 fully saturated rings. The molecule has 0 atom stereocenters. The topological polar surface area (TPSA) is 71.5 Å². The fourth-order valence-electron chi connectivity index (χ4n) is 2.96. The molecule has 1 aliphatic rings. The molecule has 0 spiro atoms. The van der Waals surface area contributed by atoms with Crippen LogP contribution in [0, 0.1) is 0 Å². The van der Waals surface area contributed by atoms with Crippen molar-refractivity contribution in [2.75, 3.05) is 43.1 Å². The summed E-state index contributed by atoms with van der Waals surface area (Å²) in [7, 11) is 1.34. The monoisotopic (exact) mass is 355 g/mol. The predicted octanol–water partition coefficient (Wildman–Crippen LogP) is 2.20. The number of piperazine rings is 1. The number of fused-ring (bicyclic) bond motifs is 1. The van der Waals surface area contributed by atoms with Gasteiger partial charge in [0.2, 0.25) is 5.82 Å². The number of aromatic nitrogens is 3. The van der Waals surface area contributed by atoms with E-state index in [1.165, 1.54) is 7.11 Å². The van der Waals surface area contributed by atoms with Crippen molar-refractivity contribution < 1.29 is 9.53 Å². The Morgan fingerprint density at radius 3 is 2.68 bits per heavy atom. The normalized spacial score (nSPS) is 14.8. The predicted molar refractivity (Wildman–Crippen MR) is 97.4 cm³/mol. The minimum absolute atomic E-state index is 0.109. The van der Waals surface area contributed by atoms with Crippen LogP contribution in [0.1, 0.15) is 10.6 Å². The molecule has 128 valence electrons. The van der Waals surface area contributed by atoms with Crippen molar-refractivity contribution in [3.63, 3.8) is 0 Å². The van der Waals surface area contributed by atoms with Crippen molar-refractivity contribution in [2.24, 2.45) is 0 Å². The van der Waals surface area contributed by atoms with E-state index in [4.69, 9.17) is 4.74 Å². The first-order chi connectivity index (χ1) is 12.3. The van der Waals surface area contributed by atoms with Gasteiger partial charge in [0.1, 0.15) is 0 Å². The van der Waals surface area contributed by atoms with Crippen LogP contribution in [0.3, 0.4) is 0 Å². The third-order valence-corrected chi connectivity index (χ3v) is 5.14. The van der Waals surface area contributed by atoms with E-state index < -0.39 is 5.97 Å². The van der Waals surface area contributed by atoms with Crippen molar-refractivity contribution in [1.82, 2.24) is 15.0 Å². The van der Waals surface area contributed by atoms with Crippen LogP contribution in [0.2, 0.25) is 0 Å². The summed E-state index contributed by atoms with van der Waals surface area (Å²) in [6, 6.07) is 5.92. The lowest BCUT2D eigenvalue weighted by Crippen LogP contribution is -2.47. The van der Waals surface area contributed by atoms with E-state index in [0.29, 0.717) is 0 Å². The Morgan fingerprint density at radius 2 is 1.96 bits per heavy atom. The summed E-state index contributed by atoms with van der Waals surface area (Å²) in [5.41, 5.74) is 1.91. The Balaban J connectivity index is 1.60. The quantitative estimate of drug-likeness (QED) is 0.667. The van der Waals surface area contributed by atoms with Crippen molar-refractivity contribution >= 4 is 39.0 Å². The second-order valence-electron chi connectivity index (χ2n) is 5.68. The van der Waals surface area contributed by atoms with Crippen molar-refractivity contribution in [1.29, 1.82) is 0 Å². The first kappa shape index (κ1) is 15.8. The molecule has 0 radical (unpaired) electrons. The summed E-state index contributed by atoms with van der Waals surface area (Å²) >= 11 is 1.59. The summed E-state index contributed by atoms with van der Waals surface area (Å²) in [5.74, 6) is 0.410. The molecule has 4 rings (SSSR count). The van der Waals surface area contributed by atoms with Gasteiger partial charge < -0.3 is 14.5 Å². The van der Waals surface area contributed by atoms with E-state index in [1.807, 2.05) is 23.7 Å². The number of nitrogens with zero attached hydrogens (tertiary/aromatic N) is 5. The van der Waals surface area contributed by atoms with Crippen LogP contribution >= 0.6 is 11.3 Å². The van der Waals surface area contributed by atoms with E-state index in [-0.39, 0.29) is 5.82 Å². The number of carbonyl (C=O) groups excluding carboxylic acids is 1. The number of rotatable bonds is 3. The lowest BCUT2D eigenvalue weighted by molar-refractivity contribution is 0.0587. The number of hydrogen-bond donors (Lipinski definition) is 0. The van der Waals surface area contributed by atoms with E-state index in [2.05, 4.69) is 30.8 Å². The summed E-state index contributed by atoms with van der Waals surface area (Å²) in [4.78, 5) is 29.4. The highest BCUT2D eigenvalue weighted by Crippen LogP contribution is 2.30. The molecule has 4 heterocycles. The molecular weight excluding hydrogens is 338 g/mol. The van der Waals surface area contributed by atoms with Crippen LogP contribution in [-0.4, -0.2) is 54.2 Å². The van der Waals surface area contributed by atoms with Crippen LogP contribution in [0.15, 0.2) is 36.0 Å². The van der Waals surface area contributed by atoms with E-state index in [0.717, 1.165) is 47.9 Å². The molecule has 0 N–H and O–H groups in total. The number of hydrogen-bond acceptors (Lipinski definition) is 8. The second kappa shape index (κ2) is 6.64. The minimum atomic E-state index is -0.511. The number of esters is 1. The van der Waals surface area contributed by atoms with Crippen LogP contribution in [0.4, 0.5) is 11.5 Å². The summed E-state index contributed by atoms with van der Waals surface area (Å²) in [6.07, 6.45) is 3.66. The zero-order valence-electron chi connectivity index (χ0n) is 13.8. The number of ether oxygens (including phenoxy) is 1. The third kappa shape index (κ3) is 3.00. The smallest absolute Gasteiger partial charge is 0.376 e. The number of carbonyl (C=O) groups is 1. The van der Waals surface area contributed by atoms with Crippen LogP contribution in [0.5, 0.6) is 0 Å². The lowest BCUT2D eigenvalue weighted by Gasteiger charge is -2.36. The van der Waals surface area contributed by atoms with Gasteiger partial charge in [-0.1, -0.05) is 0 Å². The lowest BCUT2D eigenvalue weighted by atomic mass is 10.2. The number of anilines is 2. The second-order valence-corrected chi connectivity index (χ2v) is 6.60. The zero-order valence-corrected chi connectivity index (χ0v) is 14.6. The highest BCUT2D eigenvalue weighted by atomic mass is 32.1. The van der Waals surface area contributed by atoms with Gasteiger partial charge >= 0.3 is 5.97 Å². The van der Waals surface area contributed by atoms with E-state index in [9.17, 15) is 4.79 Å². The molecule has 1 aliphatic heterocycles. The minimum Gasteiger partial charge on any atom is -0.463 e. The molecule has 1 saturated heterocycles. The van der Waals surface area contributed by atoms with Crippen molar-refractivity contribution in [3.05, 3.63) is 41.8 Å². The maximum atomic E-state index is 11.9. The number of methoxy groups -OCH3 is 1. The van der Waals surface area contributed by atoms with Crippen LogP contribution in [0.25, 0.3) is 10.2 Å². The average molecular weight is 355 g/mol. The number of thiophene rings is 1. The van der Waals surface area contributed by atoms with Crippen LogP contribution < -0.4 is 9.80 Å². The molecule has 3 aromatic rings. The molecule has 0 amide bonds. The van der Waals surface area contributed by atoms with Gasteiger partial charge in [0, 0.05) is 32.4 Å². The Bertz CT molecular complexity index is 890. The Kier molecular flexibility index (Phi) is 4.19. The maximum Gasteiger partial charge on any atom is 0.376 e. The standard InChI is InChI=1S/C17H17N5O2S/c1-24-17(23)15-19-13-4-10-25-14(13)16(20-15)22-8-6-21(7-9-22)12-3-2-5-18-11-12/h2-5,10-11H,6-9H2,1H3. The Labute approximate surface area is 148 Å². The fraction of sp³-hybridized carbons (Fsp3) is 0.294. The largest absolute Gasteiger partial charge is 0.463 e. The van der Waals surface area contributed by atoms with E-state index in [1.54, 1.807) is 17.5 Å². The molecule has 0 unspecified atom stereocenters. The van der Waals surface area contributed by atoms with Gasteiger partial charge in [0.25, 0.3) is 0 Å². The SMILES string of the molecule is COC(=O)c1nc(N2CCN(c3cccnc3)CC2)c2sccc2n1. The molecule has 0 bridgehead atoms. The molecule has 3 aromatic heterocycles. The Hall–Kier alpha value is -2.74. The van der Waals surface area contributed by atoms with Gasteiger partial charge in [-0.25, -0.2) is 14.8 Å². The molecule has 8 heteroatoms. The van der Waals surface area contributed by atoms with Crippen LogP contribution in [-0.2, 0) is 4.74 Å². The highest BCUT2D eigenvalue weighted by molar-refractivity contribution is 7.17. The molecular formula is C17H17N5O2S. The maximum absolute atomic E-state index is 11.9. The van der Waals surface area contributed by atoms with Gasteiger partial charge in [-0.3, -0.25) is 4.98 Å². The van der Waals surface area contributed by atoms with E-state index >= 15 is 0 Å². The first-order valence-electron chi connectivity index (χ1n) is 8.00. The fourth-order valence-corrected chi connectivity index (χ4v) is 3.81. The van der Waals surface area contributed by atoms with Gasteiger partial charge in [-0.05, 0) is 23.6 Å².